The van der Waals surface area contributed by atoms with E-state index in [4.69, 9.17) is 9.52 Å². The molecule has 1 amide bonds. The van der Waals surface area contributed by atoms with Crippen molar-refractivity contribution in [2.45, 2.75) is 26.7 Å². The SMILES string of the molecule is CCc1ccc(C(=O)N2CCC(C)(C(=O)O)C2)o1. The van der Waals surface area contributed by atoms with Crippen LogP contribution in [0.5, 0.6) is 0 Å². The number of carbonyl (C=O) groups is 2. The average molecular weight is 251 g/mol. The van der Waals surface area contributed by atoms with Gasteiger partial charge in [0.05, 0.1) is 5.41 Å². The number of aryl methyl sites for hydroxylation is 1. The summed E-state index contributed by atoms with van der Waals surface area (Å²) in [4.78, 5) is 24.8. The summed E-state index contributed by atoms with van der Waals surface area (Å²) in [5.74, 6) is -0.0220. The zero-order valence-corrected chi connectivity index (χ0v) is 10.6. The summed E-state index contributed by atoms with van der Waals surface area (Å²) < 4.78 is 5.40. The van der Waals surface area contributed by atoms with Gasteiger partial charge in [-0.05, 0) is 25.5 Å². The molecule has 1 N–H and O–H groups in total. The quantitative estimate of drug-likeness (QED) is 0.888. The van der Waals surface area contributed by atoms with Crippen LogP contribution in [0.4, 0.5) is 0 Å². The van der Waals surface area contributed by atoms with Crippen LogP contribution in [0.2, 0.25) is 0 Å². The molecule has 2 rings (SSSR count). The standard InChI is InChI=1S/C13H17NO4/c1-3-9-4-5-10(18-9)11(15)14-7-6-13(2,8-14)12(16)17/h4-5H,3,6-8H2,1-2H3,(H,16,17). The number of carboxylic acid groups (broad SMARTS) is 1. The molecule has 1 aliphatic heterocycles. The van der Waals surface area contributed by atoms with E-state index in [0.29, 0.717) is 18.7 Å². The molecule has 5 nitrogen and oxygen atoms in total. The van der Waals surface area contributed by atoms with Crippen LogP contribution < -0.4 is 0 Å². The first-order valence-corrected chi connectivity index (χ1v) is 6.07. The second-order valence-corrected chi connectivity index (χ2v) is 4.96. The minimum Gasteiger partial charge on any atom is -0.481 e. The van der Waals surface area contributed by atoms with Gasteiger partial charge in [0, 0.05) is 19.5 Å². The fourth-order valence-corrected chi connectivity index (χ4v) is 2.15. The van der Waals surface area contributed by atoms with Crippen molar-refractivity contribution in [1.82, 2.24) is 4.90 Å². The molecular weight excluding hydrogens is 234 g/mol. The number of furan rings is 1. The zero-order chi connectivity index (χ0) is 13.3. The topological polar surface area (TPSA) is 70.8 Å². The first-order valence-electron chi connectivity index (χ1n) is 6.07. The molecule has 1 atom stereocenters. The lowest BCUT2D eigenvalue weighted by Gasteiger charge is -2.19. The maximum absolute atomic E-state index is 12.1. The summed E-state index contributed by atoms with van der Waals surface area (Å²) in [7, 11) is 0. The van der Waals surface area contributed by atoms with Crippen LogP contribution in [0.25, 0.3) is 0 Å². The van der Waals surface area contributed by atoms with E-state index in [1.54, 1.807) is 24.0 Å². The highest BCUT2D eigenvalue weighted by Gasteiger charge is 2.42. The van der Waals surface area contributed by atoms with E-state index in [0.717, 1.165) is 12.2 Å². The monoisotopic (exact) mass is 251 g/mol. The van der Waals surface area contributed by atoms with Crippen molar-refractivity contribution in [3.63, 3.8) is 0 Å². The van der Waals surface area contributed by atoms with Gasteiger partial charge in [-0.1, -0.05) is 6.92 Å². The van der Waals surface area contributed by atoms with Gasteiger partial charge < -0.3 is 14.4 Å². The van der Waals surface area contributed by atoms with E-state index >= 15 is 0 Å². The third-order valence-electron chi connectivity index (χ3n) is 3.50. The summed E-state index contributed by atoms with van der Waals surface area (Å²) in [6.45, 7) is 4.32. The molecule has 2 heterocycles. The fourth-order valence-electron chi connectivity index (χ4n) is 2.15. The van der Waals surface area contributed by atoms with Crippen LogP contribution in [-0.2, 0) is 11.2 Å². The Balaban J connectivity index is 2.10. The van der Waals surface area contributed by atoms with Crippen molar-refractivity contribution in [3.05, 3.63) is 23.7 Å². The molecule has 0 saturated carbocycles. The predicted molar refractivity (Wildman–Crippen MR) is 64.3 cm³/mol. The lowest BCUT2D eigenvalue weighted by atomic mass is 9.90. The van der Waals surface area contributed by atoms with Crippen molar-refractivity contribution >= 4 is 11.9 Å². The van der Waals surface area contributed by atoms with E-state index in [1.165, 1.54) is 0 Å². The van der Waals surface area contributed by atoms with Crippen molar-refractivity contribution in [1.29, 1.82) is 0 Å². The number of amides is 1. The Labute approximate surface area is 105 Å². The number of hydrogen-bond donors (Lipinski definition) is 1. The van der Waals surface area contributed by atoms with Gasteiger partial charge in [0.15, 0.2) is 5.76 Å². The second kappa shape index (κ2) is 4.48. The third-order valence-corrected chi connectivity index (χ3v) is 3.50. The Morgan fingerprint density at radius 3 is 2.72 bits per heavy atom. The van der Waals surface area contributed by atoms with Gasteiger partial charge in [-0.2, -0.15) is 0 Å². The first kappa shape index (κ1) is 12.7. The van der Waals surface area contributed by atoms with Gasteiger partial charge in [-0.15, -0.1) is 0 Å². The van der Waals surface area contributed by atoms with Crippen LogP contribution in [-0.4, -0.2) is 35.0 Å². The number of carboxylic acids is 1. The summed E-state index contributed by atoms with van der Waals surface area (Å²) >= 11 is 0. The third kappa shape index (κ3) is 2.12. The van der Waals surface area contributed by atoms with Gasteiger partial charge in [0.2, 0.25) is 0 Å². The molecule has 0 radical (unpaired) electrons. The summed E-state index contributed by atoms with van der Waals surface area (Å²) in [5.41, 5.74) is -0.837. The summed E-state index contributed by atoms with van der Waals surface area (Å²) in [6, 6.07) is 3.43. The summed E-state index contributed by atoms with van der Waals surface area (Å²) in [6.07, 6.45) is 1.22. The molecule has 1 saturated heterocycles. The molecule has 1 unspecified atom stereocenters. The molecule has 0 spiro atoms. The Kier molecular flexibility index (Phi) is 3.15. The van der Waals surface area contributed by atoms with Gasteiger partial charge in [0.1, 0.15) is 5.76 Å². The Morgan fingerprint density at radius 2 is 2.22 bits per heavy atom. The van der Waals surface area contributed by atoms with Crippen LogP contribution >= 0.6 is 0 Å². The fraction of sp³-hybridized carbons (Fsp3) is 0.538. The smallest absolute Gasteiger partial charge is 0.311 e. The zero-order valence-electron chi connectivity index (χ0n) is 10.6. The molecule has 1 aliphatic rings. The molecule has 1 aromatic rings. The van der Waals surface area contributed by atoms with Crippen molar-refractivity contribution in [2.75, 3.05) is 13.1 Å². The molecule has 18 heavy (non-hydrogen) atoms. The highest BCUT2D eigenvalue weighted by molar-refractivity contribution is 5.92. The maximum Gasteiger partial charge on any atom is 0.311 e. The Morgan fingerprint density at radius 1 is 1.50 bits per heavy atom. The van der Waals surface area contributed by atoms with E-state index in [2.05, 4.69) is 0 Å². The number of carbonyl (C=O) groups excluding carboxylic acids is 1. The minimum atomic E-state index is -0.855. The van der Waals surface area contributed by atoms with E-state index in [-0.39, 0.29) is 12.5 Å². The Hall–Kier alpha value is -1.78. The van der Waals surface area contributed by atoms with Crippen molar-refractivity contribution in [2.24, 2.45) is 5.41 Å². The lowest BCUT2D eigenvalue weighted by molar-refractivity contribution is -0.147. The predicted octanol–water partition coefficient (Wildman–Crippen LogP) is 1.78. The number of aliphatic carboxylic acids is 1. The average Bonchev–Trinajstić information content (AvgIpc) is 2.95. The van der Waals surface area contributed by atoms with Gasteiger partial charge in [0.25, 0.3) is 5.91 Å². The highest BCUT2D eigenvalue weighted by atomic mass is 16.4. The number of likely N-dealkylation sites (tertiary alicyclic amines) is 1. The molecule has 5 heteroatoms. The van der Waals surface area contributed by atoms with Crippen LogP contribution in [0.3, 0.4) is 0 Å². The maximum atomic E-state index is 12.1. The van der Waals surface area contributed by atoms with Crippen LogP contribution in [0, 0.1) is 5.41 Å². The first-order chi connectivity index (χ1) is 8.46. The molecular formula is C13H17NO4. The van der Waals surface area contributed by atoms with Gasteiger partial charge in [-0.3, -0.25) is 9.59 Å². The lowest BCUT2D eigenvalue weighted by Crippen LogP contribution is -2.34. The molecule has 98 valence electrons. The van der Waals surface area contributed by atoms with Gasteiger partial charge >= 0.3 is 5.97 Å². The van der Waals surface area contributed by atoms with E-state index < -0.39 is 11.4 Å². The minimum absolute atomic E-state index is 0.223. The van der Waals surface area contributed by atoms with Crippen LogP contribution in [0.1, 0.15) is 36.6 Å². The van der Waals surface area contributed by atoms with E-state index in [9.17, 15) is 9.59 Å². The van der Waals surface area contributed by atoms with Crippen molar-refractivity contribution in [3.8, 4) is 0 Å². The van der Waals surface area contributed by atoms with Gasteiger partial charge in [-0.25, -0.2) is 0 Å². The Bertz CT molecular complexity index is 479. The highest BCUT2D eigenvalue weighted by Crippen LogP contribution is 2.31. The molecule has 1 aromatic heterocycles. The summed E-state index contributed by atoms with van der Waals surface area (Å²) in [5, 5.41) is 9.12. The number of hydrogen-bond acceptors (Lipinski definition) is 3. The molecule has 1 fully saturated rings. The normalized spacial score (nSPS) is 23.3. The molecule has 0 bridgehead atoms. The van der Waals surface area contributed by atoms with Crippen molar-refractivity contribution < 1.29 is 19.1 Å². The number of rotatable bonds is 3. The largest absolute Gasteiger partial charge is 0.481 e. The van der Waals surface area contributed by atoms with E-state index in [1.807, 2.05) is 6.92 Å². The second-order valence-electron chi connectivity index (χ2n) is 4.96. The van der Waals surface area contributed by atoms with Crippen LogP contribution in [0.15, 0.2) is 16.5 Å². The molecule has 0 aromatic carbocycles. The number of nitrogens with zero attached hydrogens (tertiary/aromatic N) is 1. The molecule has 0 aliphatic carbocycles.